The van der Waals surface area contributed by atoms with Gasteiger partial charge in [0.15, 0.2) is 0 Å². The molecular weight excluding hydrogens is 524 g/mol. The van der Waals surface area contributed by atoms with E-state index in [0.29, 0.717) is 48.6 Å². The number of anilines is 2. The second kappa shape index (κ2) is 12.6. The Hall–Kier alpha value is -4.80. The summed E-state index contributed by atoms with van der Waals surface area (Å²) in [5.41, 5.74) is 2.69. The van der Waals surface area contributed by atoms with Crippen LogP contribution in [-0.4, -0.2) is 69.8 Å². The zero-order valence-corrected chi connectivity index (χ0v) is 22.5. The van der Waals surface area contributed by atoms with Crippen molar-refractivity contribution in [1.29, 1.82) is 0 Å². The molecule has 0 radical (unpaired) electrons. The van der Waals surface area contributed by atoms with Crippen molar-refractivity contribution in [2.75, 3.05) is 36.4 Å². The molecule has 212 valence electrons. The molecule has 11 nitrogen and oxygen atoms in total. The highest BCUT2D eigenvalue weighted by molar-refractivity contribution is 6.01. The number of piperazine rings is 1. The zero-order chi connectivity index (χ0) is 28.8. The third-order valence-corrected chi connectivity index (χ3v) is 7.58. The lowest BCUT2D eigenvalue weighted by molar-refractivity contribution is -0.137. The Kier molecular flexibility index (Phi) is 8.52. The van der Waals surface area contributed by atoms with Gasteiger partial charge in [0.2, 0.25) is 5.91 Å². The summed E-state index contributed by atoms with van der Waals surface area (Å²) in [7, 11) is 0. The fourth-order valence-corrected chi connectivity index (χ4v) is 5.03. The number of hydrogen-bond donors (Lipinski definition) is 3. The normalized spacial score (nSPS) is 15.9. The lowest BCUT2D eigenvalue weighted by Gasteiger charge is -2.37. The Balaban J connectivity index is 1.34. The molecule has 1 saturated heterocycles. The third-order valence-electron chi connectivity index (χ3n) is 7.58. The second-order valence-corrected chi connectivity index (χ2v) is 10.3. The minimum absolute atomic E-state index is 0.0557. The van der Waals surface area contributed by atoms with E-state index in [1.807, 2.05) is 0 Å². The Morgan fingerprint density at radius 3 is 2.27 bits per heavy atom. The average molecular weight is 557 g/mol. The molecule has 3 aromatic rings. The predicted molar refractivity (Wildman–Crippen MR) is 151 cm³/mol. The summed E-state index contributed by atoms with van der Waals surface area (Å²) in [6, 6.07) is 11.2. The number of aromatic nitrogens is 2. The summed E-state index contributed by atoms with van der Waals surface area (Å²) >= 11 is 0. The Bertz CT molecular complexity index is 1410. The smallest absolute Gasteiger partial charge is 0.305 e. The van der Waals surface area contributed by atoms with E-state index in [0.717, 1.165) is 24.9 Å². The molecule has 2 fully saturated rings. The molecule has 1 aromatic carbocycles. The lowest BCUT2D eigenvalue weighted by atomic mass is 9.85. The van der Waals surface area contributed by atoms with Gasteiger partial charge in [-0.1, -0.05) is 12.5 Å². The van der Waals surface area contributed by atoms with Crippen LogP contribution in [0.25, 0.3) is 0 Å². The fourth-order valence-electron chi connectivity index (χ4n) is 5.03. The maximum atomic E-state index is 13.3. The van der Waals surface area contributed by atoms with Crippen molar-refractivity contribution < 1.29 is 24.3 Å². The van der Waals surface area contributed by atoms with Gasteiger partial charge in [0, 0.05) is 62.4 Å². The molecule has 2 aliphatic rings. The second-order valence-electron chi connectivity index (χ2n) is 10.3. The number of carbonyl (C=O) groups excluding carboxylic acids is 3. The number of pyridine rings is 2. The molecule has 1 unspecified atom stereocenters. The number of amides is 3. The maximum absolute atomic E-state index is 13.3. The largest absolute Gasteiger partial charge is 0.481 e. The van der Waals surface area contributed by atoms with E-state index in [1.54, 1.807) is 66.0 Å². The maximum Gasteiger partial charge on any atom is 0.305 e. The first-order valence-corrected chi connectivity index (χ1v) is 13.7. The molecule has 2 aromatic heterocycles. The van der Waals surface area contributed by atoms with Crippen LogP contribution in [0.3, 0.4) is 0 Å². The van der Waals surface area contributed by atoms with Crippen LogP contribution in [0, 0.1) is 5.92 Å². The van der Waals surface area contributed by atoms with Crippen molar-refractivity contribution in [3.05, 3.63) is 83.9 Å². The van der Waals surface area contributed by atoms with E-state index in [-0.39, 0.29) is 24.2 Å². The van der Waals surface area contributed by atoms with Gasteiger partial charge in [0.1, 0.15) is 0 Å². The lowest BCUT2D eigenvalue weighted by Crippen LogP contribution is -2.49. The van der Waals surface area contributed by atoms with Crippen LogP contribution in [0.4, 0.5) is 11.4 Å². The molecule has 0 bridgehead atoms. The topological polar surface area (TPSA) is 145 Å². The van der Waals surface area contributed by atoms with Crippen LogP contribution in [0.2, 0.25) is 0 Å². The fraction of sp³-hybridized carbons (Fsp3) is 0.333. The Labute approximate surface area is 237 Å². The van der Waals surface area contributed by atoms with Gasteiger partial charge in [-0.25, -0.2) is 0 Å². The molecule has 0 spiro atoms. The van der Waals surface area contributed by atoms with Gasteiger partial charge in [-0.3, -0.25) is 29.1 Å². The number of nitrogens with one attached hydrogen (secondary N) is 2. The summed E-state index contributed by atoms with van der Waals surface area (Å²) in [6.45, 7) is 2.08. The highest BCUT2D eigenvalue weighted by Gasteiger charge is 2.28. The van der Waals surface area contributed by atoms with E-state index < -0.39 is 17.9 Å². The quantitative estimate of drug-likeness (QED) is 0.365. The number of nitrogens with zero attached hydrogens (tertiary/aromatic N) is 4. The van der Waals surface area contributed by atoms with Gasteiger partial charge in [-0.05, 0) is 54.8 Å². The van der Waals surface area contributed by atoms with Crippen LogP contribution >= 0.6 is 0 Å². The first-order chi connectivity index (χ1) is 19.9. The van der Waals surface area contributed by atoms with E-state index in [9.17, 15) is 24.3 Å². The monoisotopic (exact) mass is 556 g/mol. The van der Waals surface area contributed by atoms with E-state index >= 15 is 0 Å². The van der Waals surface area contributed by atoms with E-state index in [1.165, 1.54) is 6.20 Å². The number of benzene rings is 1. The van der Waals surface area contributed by atoms with E-state index in [2.05, 4.69) is 25.5 Å². The molecule has 3 amide bonds. The molecule has 3 N–H and O–H groups in total. The molecule has 3 heterocycles. The summed E-state index contributed by atoms with van der Waals surface area (Å²) in [6.07, 6.45) is 8.66. The van der Waals surface area contributed by atoms with Crippen molar-refractivity contribution in [1.82, 2.24) is 20.2 Å². The number of aliphatic carboxylic acids is 1. The van der Waals surface area contributed by atoms with Gasteiger partial charge in [-0.15, -0.1) is 0 Å². The average Bonchev–Trinajstić information content (AvgIpc) is 2.96. The van der Waals surface area contributed by atoms with Crippen molar-refractivity contribution in [3.8, 4) is 0 Å². The minimum Gasteiger partial charge on any atom is -0.481 e. The summed E-state index contributed by atoms with van der Waals surface area (Å²) in [4.78, 5) is 62.5. The third kappa shape index (κ3) is 6.68. The van der Waals surface area contributed by atoms with Crippen LogP contribution in [0.15, 0.2) is 67.3 Å². The standard InChI is InChI=1S/C30H32N6O5/c37-27(38)17-24(22-6-2-10-31-18-22)33-29(40)21-8-9-26(25(16-21)34-28(39)20-4-1-5-20)35-12-14-36(15-13-35)30(41)23-7-3-11-32-19-23/h2-3,6-11,16,18-20,24H,1,4-5,12-15,17H2,(H,33,40)(H,34,39)(H,37,38). The Morgan fingerprint density at radius 1 is 0.927 bits per heavy atom. The van der Waals surface area contributed by atoms with Crippen LogP contribution in [-0.2, 0) is 9.59 Å². The van der Waals surface area contributed by atoms with Gasteiger partial charge in [0.25, 0.3) is 11.8 Å². The van der Waals surface area contributed by atoms with Crippen molar-refractivity contribution in [3.63, 3.8) is 0 Å². The first-order valence-electron chi connectivity index (χ1n) is 13.7. The van der Waals surface area contributed by atoms with Crippen molar-refractivity contribution >= 4 is 35.1 Å². The number of carboxylic acids is 1. The summed E-state index contributed by atoms with van der Waals surface area (Å²) in [5, 5.41) is 15.2. The predicted octanol–water partition coefficient (Wildman–Crippen LogP) is 3.12. The molecule has 1 atom stereocenters. The SMILES string of the molecule is O=C(O)CC(NC(=O)c1ccc(N2CCN(C(=O)c3cccnc3)CC2)c(NC(=O)C2CCC2)c1)c1cccnc1. The van der Waals surface area contributed by atoms with Crippen molar-refractivity contribution in [2.24, 2.45) is 5.92 Å². The van der Waals surface area contributed by atoms with Crippen molar-refractivity contribution in [2.45, 2.75) is 31.7 Å². The minimum atomic E-state index is -1.05. The van der Waals surface area contributed by atoms with Gasteiger partial charge in [0.05, 0.1) is 29.4 Å². The van der Waals surface area contributed by atoms with Gasteiger partial charge >= 0.3 is 5.97 Å². The number of carbonyl (C=O) groups is 4. The molecule has 11 heteroatoms. The number of carboxylic acid groups (broad SMARTS) is 1. The zero-order valence-electron chi connectivity index (χ0n) is 22.5. The highest BCUT2D eigenvalue weighted by Crippen LogP contribution is 2.32. The van der Waals surface area contributed by atoms with Gasteiger partial charge < -0.3 is 25.5 Å². The molecule has 1 aliphatic carbocycles. The molecular formula is C30H32N6O5. The van der Waals surface area contributed by atoms with Gasteiger partial charge in [-0.2, -0.15) is 0 Å². The molecule has 1 saturated carbocycles. The molecule has 41 heavy (non-hydrogen) atoms. The molecule has 5 rings (SSSR count). The molecule has 1 aliphatic heterocycles. The number of hydrogen-bond acceptors (Lipinski definition) is 7. The number of rotatable bonds is 9. The first kappa shape index (κ1) is 27.8. The van der Waals surface area contributed by atoms with Crippen LogP contribution < -0.4 is 15.5 Å². The van der Waals surface area contributed by atoms with E-state index in [4.69, 9.17) is 0 Å². The summed E-state index contributed by atoms with van der Waals surface area (Å²) < 4.78 is 0. The summed E-state index contributed by atoms with van der Waals surface area (Å²) in [5.74, 6) is -1.73. The van der Waals surface area contributed by atoms with Crippen LogP contribution in [0.5, 0.6) is 0 Å². The van der Waals surface area contributed by atoms with Crippen LogP contribution in [0.1, 0.15) is 58.0 Å². The Morgan fingerprint density at radius 2 is 1.66 bits per heavy atom. The highest BCUT2D eigenvalue weighted by atomic mass is 16.4.